The van der Waals surface area contributed by atoms with Gasteiger partial charge in [0, 0.05) is 6.42 Å². The third kappa shape index (κ3) is 51.1. The molecule has 0 rings (SSSR count). The van der Waals surface area contributed by atoms with Gasteiger partial charge >= 0.3 is 7.82 Å². The lowest BCUT2D eigenvalue weighted by molar-refractivity contribution is -0.870. The first kappa shape index (κ1) is 65.2. The van der Waals surface area contributed by atoms with Gasteiger partial charge in [0.05, 0.1) is 39.9 Å². The number of unbranched alkanes of at least 4 members (excludes halogenated alkanes) is 41. The van der Waals surface area contributed by atoms with Crippen LogP contribution in [0.1, 0.15) is 296 Å². The number of carbonyl (C=O) groups excluding carboxylic acids is 1. The molecule has 66 heavy (non-hydrogen) atoms. The van der Waals surface area contributed by atoms with Crippen LogP contribution < -0.4 is 5.32 Å². The minimum absolute atomic E-state index is 0.0648. The largest absolute Gasteiger partial charge is 0.472 e. The average molecular weight is 957 g/mol. The molecule has 9 heteroatoms. The Balaban J connectivity index is 3.95. The summed E-state index contributed by atoms with van der Waals surface area (Å²) in [5, 5.41) is 13.9. The van der Waals surface area contributed by atoms with Crippen molar-refractivity contribution in [2.45, 2.75) is 309 Å². The van der Waals surface area contributed by atoms with E-state index in [0.717, 1.165) is 38.5 Å². The molecule has 3 atom stereocenters. The van der Waals surface area contributed by atoms with Gasteiger partial charge in [0.2, 0.25) is 5.91 Å². The highest BCUT2D eigenvalue weighted by Crippen LogP contribution is 2.43. The van der Waals surface area contributed by atoms with Crippen molar-refractivity contribution >= 4 is 13.7 Å². The van der Waals surface area contributed by atoms with Gasteiger partial charge in [0.1, 0.15) is 13.2 Å². The first-order valence-electron chi connectivity index (χ1n) is 29.1. The number of allylic oxidation sites excluding steroid dienone is 1. The molecule has 0 aliphatic heterocycles. The van der Waals surface area contributed by atoms with Crippen LogP contribution in [-0.2, 0) is 18.4 Å². The Morgan fingerprint density at radius 1 is 0.500 bits per heavy atom. The molecule has 0 spiro atoms. The van der Waals surface area contributed by atoms with Gasteiger partial charge in [0.15, 0.2) is 0 Å². The summed E-state index contributed by atoms with van der Waals surface area (Å²) in [5.74, 6) is -0.171. The molecule has 0 aromatic carbocycles. The number of nitrogens with one attached hydrogen (secondary N) is 1. The Labute approximate surface area is 412 Å². The van der Waals surface area contributed by atoms with Gasteiger partial charge in [-0.3, -0.25) is 13.8 Å². The zero-order chi connectivity index (χ0) is 48.5. The van der Waals surface area contributed by atoms with Crippen LogP contribution in [0.4, 0.5) is 0 Å². The third-order valence-electron chi connectivity index (χ3n) is 13.5. The highest BCUT2D eigenvalue weighted by atomic mass is 31.2. The van der Waals surface area contributed by atoms with Gasteiger partial charge < -0.3 is 19.8 Å². The Hall–Kier alpha value is -0.760. The number of phosphoric acid groups is 1. The summed E-state index contributed by atoms with van der Waals surface area (Å²) in [4.78, 5) is 23.2. The van der Waals surface area contributed by atoms with Crippen molar-refractivity contribution in [3.63, 3.8) is 0 Å². The predicted octanol–water partition coefficient (Wildman–Crippen LogP) is 17.4. The zero-order valence-electron chi connectivity index (χ0n) is 45.0. The Bertz CT molecular complexity index is 1080. The number of amides is 1. The number of nitrogens with zero attached hydrogens (tertiary/aromatic N) is 1. The fraction of sp³-hybridized carbons (Fsp3) is 0.947. The molecule has 3 N–H and O–H groups in total. The highest BCUT2D eigenvalue weighted by Gasteiger charge is 2.27. The lowest BCUT2D eigenvalue weighted by Crippen LogP contribution is -2.45. The van der Waals surface area contributed by atoms with Crippen molar-refractivity contribution in [3.05, 3.63) is 12.2 Å². The van der Waals surface area contributed by atoms with Crippen molar-refractivity contribution in [1.82, 2.24) is 5.32 Å². The van der Waals surface area contributed by atoms with Gasteiger partial charge in [-0.2, -0.15) is 0 Å². The predicted molar refractivity (Wildman–Crippen MR) is 286 cm³/mol. The summed E-state index contributed by atoms with van der Waals surface area (Å²) in [6.45, 7) is 4.84. The molecule has 0 bridgehead atoms. The summed E-state index contributed by atoms with van der Waals surface area (Å²) in [7, 11) is 1.59. The quantitative estimate of drug-likeness (QED) is 0.0243. The van der Waals surface area contributed by atoms with Crippen molar-refractivity contribution in [3.8, 4) is 0 Å². The van der Waals surface area contributed by atoms with Crippen molar-refractivity contribution in [2.24, 2.45) is 0 Å². The van der Waals surface area contributed by atoms with Crippen LogP contribution in [0.5, 0.6) is 0 Å². The molecule has 8 nitrogen and oxygen atoms in total. The van der Waals surface area contributed by atoms with Crippen molar-refractivity contribution < 1.29 is 32.9 Å². The van der Waals surface area contributed by atoms with E-state index in [1.807, 2.05) is 27.2 Å². The zero-order valence-corrected chi connectivity index (χ0v) is 45.9. The Morgan fingerprint density at radius 2 is 0.803 bits per heavy atom. The first-order chi connectivity index (χ1) is 32.0. The molecule has 0 fully saturated rings. The van der Waals surface area contributed by atoms with E-state index in [4.69, 9.17) is 9.05 Å². The highest BCUT2D eigenvalue weighted by molar-refractivity contribution is 7.47. The van der Waals surface area contributed by atoms with E-state index in [0.29, 0.717) is 17.4 Å². The topological polar surface area (TPSA) is 105 Å². The maximum absolute atomic E-state index is 12.9. The lowest BCUT2D eigenvalue weighted by Gasteiger charge is -2.25. The molecule has 0 saturated heterocycles. The number of likely N-dealkylation sites (N-methyl/N-ethyl adjacent to an activating group) is 1. The van der Waals surface area contributed by atoms with E-state index in [1.54, 1.807) is 6.08 Å². The van der Waals surface area contributed by atoms with E-state index in [9.17, 15) is 19.4 Å². The molecule has 0 radical (unpaired) electrons. The lowest BCUT2D eigenvalue weighted by atomic mass is 10.0. The van der Waals surface area contributed by atoms with Gasteiger partial charge in [-0.25, -0.2) is 4.57 Å². The summed E-state index contributed by atoms with van der Waals surface area (Å²) >= 11 is 0. The summed E-state index contributed by atoms with van der Waals surface area (Å²) in [5.41, 5.74) is 0. The summed E-state index contributed by atoms with van der Waals surface area (Å²) in [6, 6.07) is -0.841. The maximum Gasteiger partial charge on any atom is 0.472 e. The third-order valence-corrected chi connectivity index (χ3v) is 14.5. The minimum atomic E-state index is -4.34. The van der Waals surface area contributed by atoms with Crippen LogP contribution in [0.2, 0.25) is 0 Å². The molecule has 1 unspecified atom stereocenters. The molecular weight excluding hydrogens is 840 g/mol. The van der Waals surface area contributed by atoms with E-state index >= 15 is 0 Å². The van der Waals surface area contributed by atoms with Crippen molar-refractivity contribution in [1.29, 1.82) is 0 Å². The van der Waals surface area contributed by atoms with Gasteiger partial charge in [-0.1, -0.05) is 283 Å². The minimum Gasteiger partial charge on any atom is -0.387 e. The average Bonchev–Trinajstić information content (AvgIpc) is 3.28. The molecular formula is C57H116N2O6P+. The fourth-order valence-electron chi connectivity index (χ4n) is 8.93. The van der Waals surface area contributed by atoms with Gasteiger partial charge in [-0.05, 0) is 19.3 Å². The van der Waals surface area contributed by atoms with E-state index in [2.05, 4.69) is 19.2 Å². The Morgan fingerprint density at radius 3 is 1.12 bits per heavy atom. The van der Waals surface area contributed by atoms with E-state index in [1.165, 1.54) is 238 Å². The number of phosphoric ester groups is 1. The second-order valence-electron chi connectivity index (χ2n) is 21.4. The molecule has 0 aromatic heterocycles. The van der Waals surface area contributed by atoms with Crippen molar-refractivity contribution in [2.75, 3.05) is 40.9 Å². The molecule has 0 heterocycles. The summed E-state index contributed by atoms with van der Waals surface area (Å²) in [6.07, 6.45) is 60.5. The number of rotatable bonds is 54. The number of quaternary nitrogens is 1. The van der Waals surface area contributed by atoms with Crippen LogP contribution in [0.25, 0.3) is 0 Å². The SMILES string of the molecule is CCCCCCCCCCCC/C=C/[C@@H](O)[C@H](COP(=O)(O)OCC[N+](C)(C)C)NC(=O)CCCCCCCCCCCCCCCCCCCCCCCCCCCCCCCCCC. The standard InChI is InChI=1S/C57H115N2O6P/c1-6-8-10-12-14-16-18-20-21-22-23-24-25-26-27-28-29-30-31-32-33-34-35-36-37-38-39-41-43-45-47-49-51-57(61)58-55(54-65-66(62,63)64-53-52-59(3,4)5)56(60)50-48-46-44-42-40-19-17-15-13-11-9-7-2/h48,50,55-56,60H,6-47,49,51-54H2,1-5H3,(H-,58,61,62,63)/p+1/b50-48+/t55-,56+/m0/s1. The van der Waals surface area contributed by atoms with Crippen LogP contribution >= 0.6 is 7.82 Å². The van der Waals surface area contributed by atoms with Crippen LogP contribution in [-0.4, -0.2) is 73.4 Å². The molecule has 394 valence electrons. The van der Waals surface area contributed by atoms with Crippen LogP contribution in [0.3, 0.4) is 0 Å². The van der Waals surface area contributed by atoms with E-state index < -0.39 is 20.0 Å². The van der Waals surface area contributed by atoms with Gasteiger partial charge in [-0.15, -0.1) is 0 Å². The summed E-state index contributed by atoms with van der Waals surface area (Å²) < 4.78 is 23.6. The maximum atomic E-state index is 12.9. The number of aliphatic hydroxyl groups is 1. The van der Waals surface area contributed by atoms with E-state index in [-0.39, 0.29) is 19.1 Å². The smallest absolute Gasteiger partial charge is 0.387 e. The normalized spacial score (nSPS) is 14.0. The van der Waals surface area contributed by atoms with Crippen LogP contribution in [0.15, 0.2) is 12.2 Å². The van der Waals surface area contributed by atoms with Gasteiger partial charge in [0.25, 0.3) is 0 Å². The second-order valence-corrected chi connectivity index (χ2v) is 22.8. The first-order valence-corrected chi connectivity index (χ1v) is 30.6. The molecule has 0 saturated carbocycles. The molecule has 0 aliphatic rings. The molecule has 0 aliphatic carbocycles. The number of aliphatic hydroxyl groups excluding tert-OH is 1. The number of carbonyl (C=O) groups is 1. The molecule has 0 aromatic rings. The second kappa shape index (κ2) is 49.2. The number of hydrogen-bond acceptors (Lipinski definition) is 5. The molecule has 1 amide bonds. The number of hydrogen-bond donors (Lipinski definition) is 3. The monoisotopic (exact) mass is 956 g/mol. The fourth-order valence-corrected chi connectivity index (χ4v) is 9.66. The van der Waals surface area contributed by atoms with Crippen LogP contribution in [0, 0.1) is 0 Å². The Kier molecular flexibility index (Phi) is 48.7.